The molecule has 8 nitrogen and oxygen atoms in total. The van der Waals surface area contributed by atoms with Gasteiger partial charge in [-0.15, -0.1) is 10.2 Å². The number of amides is 2. The van der Waals surface area contributed by atoms with E-state index in [-0.39, 0.29) is 6.42 Å². The maximum Gasteiger partial charge on any atom is 0.237 e. The van der Waals surface area contributed by atoms with Gasteiger partial charge < -0.3 is 21.4 Å². The van der Waals surface area contributed by atoms with Gasteiger partial charge in [-0.2, -0.15) is 0 Å². The fourth-order valence-corrected chi connectivity index (χ4v) is 1.27. The van der Waals surface area contributed by atoms with Gasteiger partial charge in [0.15, 0.2) is 0 Å². The Morgan fingerprint density at radius 3 is 2.82 bits per heavy atom. The number of aryl methyl sites for hydroxylation is 1. The van der Waals surface area contributed by atoms with Crippen LogP contribution in [0.4, 0.5) is 0 Å². The summed E-state index contributed by atoms with van der Waals surface area (Å²) < 4.78 is 1.76. The lowest BCUT2D eigenvalue weighted by atomic mass is 10.2. The molecule has 2 amide bonds. The van der Waals surface area contributed by atoms with Crippen molar-refractivity contribution in [1.29, 1.82) is 0 Å². The number of hydrogen-bond donors (Lipinski definition) is 3. The van der Waals surface area contributed by atoms with Crippen LogP contribution in [0.25, 0.3) is 0 Å². The predicted octanol–water partition coefficient (Wildman–Crippen LogP) is -2.32. The van der Waals surface area contributed by atoms with Gasteiger partial charge in [0, 0.05) is 20.0 Å². The molecular weight excluding hydrogens is 224 g/mol. The quantitative estimate of drug-likeness (QED) is 0.514. The van der Waals surface area contributed by atoms with Crippen LogP contribution in [0.3, 0.4) is 0 Å². The van der Waals surface area contributed by atoms with Gasteiger partial charge in [-0.25, -0.2) is 0 Å². The monoisotopic (exact) mass is 240 g/mol. The number of aromatic nitrogens is 3. The molecule has 0 bridgehead atoms. The van der Waals surface area contributed by atoms with Gasteiger partial charge >= 0.3 is 0 Å². The van der Waals surface area contributed by atoms with Crippen molar-refractivity contribution in [2.75, 3.05) is 6.54 Å². The zero-order valence-corrected chi connectivity index (χ0v) is 9.59. The Morgan fingerprint density at radius 1 is 1.59 bits per heavy atom. The van der Waals surface area contributed by atoms with Gasteiger partial charge in [-0.05, 0) is 0 Å². The molecule has 0 saturated heterocycles. The number of rotatable bonds is 6. The highest BCUT2D eigenvalue weighted by Crippen LogP contribution is 1.92. The Morgan fingerprint density at radius 2 is 2.29 bits per heavy atom. The highest BCUT2D eigenvalue weighted by atomic mass is 16.2. The lowest BCUT2D eigenvalue weighted by molar-refractivity contribution is -0.126. The first-order valence-electron chi connectivity index (χ1n) is 5.15. The molecular formula is C9H16N6O2. The molecule has 17 heavy (non-hydrogen) atoms. The summed E-state index contributed by atoms with van der Waals surface area (Å²) in [6.45, 7) is 0.387. The highest BCUT2D eigenvalue weighted by Gasteiger charge is 2.15. The molecule has 0 aliphatic carbocycles. The molecule has 1 atom stereocenters. The number of nitrogens with one attached hydrogen (secondary N) is 1. The minimum absolute atomic E-state index is 0.157. The first-order valence-corrected chi connectivity index (χ1v) is 5.15. The second-order valence-electron chi connectivity index (χ2n) is 3.68. The van der Waals surface area contributed by atoms with Crippen LogP contribution in [-0.4, -0.2) is 39.2 Å². The molecule has 1 rings (SSSR count). The molecule has 0 spiro atoms. The zero-order chi connectivity index (χ0) is 12.8. The average Bonchev–Trinajstić information content (AvgIpc) is 2.63. The second-order valence-corrected chi connectivity index (χ2v) is 3.68. The molecule has 1 unspecified atom stereocenters. The molecule has 0 aliphatic heterocycles. The van der Waals surface area contributed by atoms with Crippen LogP contribution in [0.1, 0.15) is 12.2 Å². The molecule has 0 aromatic carbocycles. The topological polar surface area (TPSA) is 129 Å². The third kappa shape index (κ3) is 4.19. The number of hydrogen-bond acceptors (Lipinski definition) is 5. The fourth-order valence-electron chi connectivity index (χ4n) is 1.27. The van der Waals surface area contributed by atoms with Gasteiger partial charge in [0.05, 0.1) is 12.5 Å². The van der Waals surface area contributed by atoms with Crippen LogP contribution < -0.4 is 16.8 Å². The molecule has 0 aliphatic rings. The molecule has 1 aromatic heterocycles. The van der Waals surface area contributed by atoms with Crippen LogP contribution in [0.15, 0.2) is 6.33 Å². The van der Waals surface area contributed by atoms with Crippen LogP contribution in [0, 0.1) is 0 Å². The summed E-state index contributed by atoms with van der Waals surface area (Å²) in [6.07, 6.45) is 1.97. The molecule has 0 radical (unpaired) electrons. The fraction of sp³-hybridized carbons (Fsp3) is 0.556. The van der Waals surface area contributed by atoms with Crippen molar-refractivity contribution in [3.05, 3.63) is 12.2 Å². The average molecular weight is 240 g/mol. The van der Waals surface area contributed by atoms with Crippen LogP contribution in [0.2, 0.25) is 0 Å². The summed E-state index contributed by atoms with van der Waals surface area (Å²) in [5.41, 5.74) is 10.4. The molecule has 0 saturated carbocycles. The number of carbonyl (C=O) groups is 2. The standard InChI is InChI=1S/C9H16N6O2/c1-15-5-13-14-8(15)2-3-12-9(17)6(10)4-7(11)16/h5-6H,2-4,10H2,1H3,(H2,11,16)(H,12,17). The first kappa shape index (κ1) is 13.1. The number of primary amides is 1. The van der Waals surface area contributed by atoms with Crippen molar-refractivity contribution < 1.29 is 9.59 Å². The molecule has 8 heteroatoms. The Labute approximate surface area is 98.4 Å². The molecule has 5 N–H and O–H groups in total. The largest absolute Gasteiger partial charge is 0.370 e. The predicted molar refractivity (Wildman–Crippen MR) is 59.5 cm³/mol. The summed E-state index contributed by atoms with van der Waals surface area (Å²) in [4.78, 5) is 22.0. The van der Waals surface area contributed by atoms with Gasteiger partial charge in [0.25, 0.3) is 0 Å². The van der Waals surface area contributed by atoms with Gasteiger partial charge in [-0.3, -0.25) is 9.59 Å². The number of nitrogens with zero attached hydrogens (tertiary/aromatic N) is 3. The van der Waals surface area contributed by atoms with Gasteiger partial charge in [0.1, 0.15) is 12.2 Å². The third-order valence-electron chi connectivity index (χ3n) is 2.21. The van der Waals surface area contributed by atoms with E-state index in [4.69, 9.17) is 11.5 Å². The van der Waals surface area contributed by atoms with Crippen LogP contribution >= 0.6 is 0 Å². The Balaban J connectivity index is 2.29. The lowest BCUT2D eigenvalue weighted by Gasteiger charge is -2.10. The Bertz CT molecular complexity index is 402. The van der Waals surface area contributed by atoms with E-state index >= 15 is 0 Å². The summed E-state index contributed by atoms with van der Waals surface area (Å²) in [5, 5.41) is 10.2. The SMILES string of the molecule is Cn1cnnc1CCNC(=O)C(N)CC(N)=O. The summed E-state index contributed by atoms with van der Waals surface area (Å²) >= 11 is 0. The minimum atomic E-state index is -0.896. The number of carbonyl (C=O) groups excluding carboxylic acids is 2. The highest BCUT2D eigenvalue weighted by molar-refractivity contribution is 5.87. The Hall–Kier alpha value is -1.96. The van der Waals surface area contributed by atoms with E-state index in [0.29, 0.717) is 13.0 Å². The van der Waals surface area contributed by atoms with Gasteiger partial charge in [-0.1, -0.05) is 0 Å². The van der Waals surface area contributed by atoms with Crippen molar-refractivity contribution in [2.24, 2.45) is 18.5 Å². The minimum Gasteiger partial charge on any atom is -0.370 e. The van der Waals surface area contributed by atoms with E-state index in [1.807, 2.05) is 7.05 Å². The summed E-state index contributed by atoms with van der Waals surface area (Å²) in [5.74, 6) is -0.235. The van der Waals surface area contributed by atoms with E-state index in [1.54, 1.807) is 10.9 Å². The van der Waals surface area contributed by atoms with Crippen LogP contribution in [-0.2, 0) is 23.1 Å². The summed E-state index contributed by atoms with van der Waals surface area (Å²) in [7, 11) is 1.82. The molecule has 1 heterocycles. The molecule has 94 valence electrons. The maximum absolute atomic E-state index is 11.4. The van der Waals surface area contributed by atoms with Crippen molar-refractivity contribution >= 4 is 11.8 Å². The lowest BCUT2D eigenvalue weighted by Crippen LogP contribution is -2.43. The number of nitrogens with two attached hydrogens (primary N) is 2. The van der Waals surface area contributed by atoms with E-state index < -0.39 is 17.9 Å². The van der Waals surface area contributed by atoms with Crippen molar-refractivity contribution in [3.8, 4) is 0 Å². The van der Waals surface area contributed by atoms with E-state index in [1.165, 1.54) is 0 Å². The third-order valence-corrected chi connectivity index (χ3v) is 2.21. The molecule has 1 aromatic rings. The maximum atomic E-state index is 11.4. The summed E-state index contributed by atoms with van der Waals surface area (Å²) in [6, 6.07) is -0.896. The molecule has 0 fully saturated rings. The van der Waals surface area contributed by atoms with E-state index in [2.05, 4.69) is 15.5 Å². The van der Waals surface area contributed by atoms with Gasteiger partial charge in [0.2, 0.25) is 11.8 Å². The van der Waals surface area contributed by atoms with Crippen molar-refractivity contribution in [1.82, 2.24) is 20.1 Å². The van der Waals surface area contributed by atoms with Crippen LogP contribution in [0.5, 0.6) is 0 Å². The first-order chi connectivity index (χ1) is 8.00. The smallest absolute Gasteiger partial charge is 0.237 e. The normalized spacial score (nSPS) is 12.1. The zero-order valence-electron chi connectivity index (χ0n) is 9.59. The van der Waals surface area contributed by atoms with Crippen molar-refractivity contribution in [2.45, 2.75) is 18.9 Å². The Kier molecular flexibility index (Phi) is 4.58. The van der Waals surface area contributed by atoms with E-state index in [0.717, 1.165) is 5.82 Å². The second kappa shape index (κ2) is 5.94. The van der Waals surface area contributed by atoms with Crippen molar-refractivity contribution in [3.63, 3.8) is 0 Å². The van der Waals surface area contributed by atoms with E-state index in [9.17, 15) is 9.59 Å².